The van der Waals surface area contributed by atoms with Crippen molar-refractivity contribution in [3.63, 3.8) is 0 Å². The van der Waals surface area contributed by atoms with Crippen LogP contribution in [0, 0.1) is 5.92 Å². The van der Waals surface area contributed by atoms with E-state index in [1.54, 1.807) is 0 Å². The lowest BCUT2D eigenvalue weighted by molar-refractivity contribution is 0.231. The van der Waals surface area contributed by atoms with Gasteiger partial charge in [-0.3, -0.25) is 0 Å². The lowest BCUT2D eigenvalue weighted by Crippen LogP contribution is -2.42. The van der Waals surface area contributed by atoms with Gasteiger partial charge in [-0.1, -0.05) is 18.5 Å². The molecule has 3 nitrogen and oxygen atoms in total. The standard InChI is InChI=1S/C17H22ClN3/c1-11-6-8-17(19,9-7-11)16-20-14-5-2-12(18)10-15(14)21(16)13-3-4-13/h2,5,10-11,13H,3-4,6-9,19H2,1H3. The molecule has 2 fully saturated rings. The van der Waals surface area contributed by atoms with E-state index in [9.17, 15) is 0 Å². The summed E-state index contributed by atoms with van der Waals surface area (Å²) in [4.78, 5) is 4.91. The zero-order chi connectivity index (χ0) is 14.6. The van der Waals surface area contributed by atoms with Gasteiger partial charge >= 0.3 is 0 Å². The Morgan fingerprint density at radius 1 is 1.24 bits per heavy atom. The molecule has 0 amide bonds. The summed E-state index contributed by atoms with van der Waals surface area (Å²) in [6, 6.07) is 6.56. The lowest BCUT2D eigenvalue weighted by atomic mass is 9.77. The fraction of sp³-hybridized carbons (Fsp3) is 0.588. The molecule has 4 heteroatoms. The summed E-state index contributed by atoms with van der Waals surface area (Å²) in [5.41, 5.74) is 8.72. The number of fused-ring (bicyclic) bond motifs is 1. The number of aromatic nitrogens is 2. The number of halogens is 1. The maximum atomic E-state index is 6.79. The average molecular weight is 304 g/mol. The molecular formula is C17H22ClN3. The van der Waals surface area contributed by atoms with Crippen molar-refractivity contribution in [3.8, 4) is 0 Å². The molecule has 2 aliphatic carbocycles. The highest BCUT2D eigenvalue weighted by Crippen LogP contribution is 2.44. The van der Waals surface area contributed by atoms with Crippen molar-refractivity contribution in [3.05, 3.63) is 29.0 Å². The number of rotatable bonds is 2. The lowest BCUT2D eigenvalue weighted by Gasteiger charge is -2.36. The predicted octanol–water partition coefficient (Wildman–Crippen LogP) is 4.39. The quantitative estimate of drug-likeness (QED) is 0.894. The molecule has 1 aromatic carbocycles. The fourth-order valence-electron chi connectivity index (χ4n) is 3.62. The van der Waals surface area contributed by atoms with Crippen molar-refractivity contribution in [1.29, 1.82) is 0 Å². The first-order chi connectivity index (χ1) is 10.1. The van der Waals surface area contributed by atoms with Crippen LogP contribution in [0.3, 0.4) is 0 Å². The molecule has 4 rings (SSSR count). The largest absolute Gasteiger partial charge is 0.323 e. The van der Waals surface area contributed by atoms with Crippen molar-refractivity contribution >= 4 is 22.6 Å². The highest BCUT2D eigenvalue weighted by molar-refractivity contribution is 6.31. The summed E-state index contributed by atoms with van der Waals surface area (Å²) < 4.78 is 2.39. The van der Waals surface area contributed by atoms with E-state index in [1.807, 2.05) is 18.2 Å². The van der Waals surface area contributed by atoms with E-state index in [4.69, 9.17) is 22.3 Å². The summed E-state index contributed by atoms with van der Waals surface area (Å²) >= 11 is 6.19. The van der Waals surface area contributed by atoms with Gasteiger partial charge in [-0.2, -0.15) is 0 Å². The number of nitrogens with zero attached hydrogens (tertiary/aromatic N) is 2. The smallest absolute Gasteiger partial charge is 0.130 e. The average Bonchev–Trinajstić information content (AvgIpc) is 3.23. The van der Waals surface area contributed by atoms with E-state index >= 15 is 0 Å². The molecule has 0 unspecified atom stereocenters. The molecule has 0 bridgehead atoms. The second kappa shape index (κ2) is 4.72. The van der Waals surface area contributed by atoms with Crippen LogP contribution in [0.25, 0.3) is 11.0 Å². The monoisotopic (exact) mass is 303 g/mol. The van der Waals surface area contributed by atoms with Crippen LogP contribution >= 0.6 is 11.6 Å². The molecule has 0 atom stereocenters. The second-order valence-electron chi connectivity index (χ2n) is 7.01. The number of hydrogen-bond donors (Lipinski definition) is 1. The molecule has 0 spiro atoms. The maximum Gasteiger partial charge on any atom is 0.130 e. The minimum atomic E-state index is -0.263. The number of nitrogens with two attached hydrogens (primary N) is 1. The molecule has 0 radical (unpaired) electrons. The Labute approximate surface area is 130 Å². The van der Waals surface area contributed by atoms with Crippen LogP contribution in [-0.4, -0.2) is 9.55 Å². The van der Waals surface area contributed by atoms with Crippen LogP contribution in [0.1, 0.15) is 57.3 Å². The molecule has 2 N–H and O–H groups in total. The third-order valence-corrected chi connectivity index (χ3v) is 5.41. The molecule has 0 aliphatic heterocycles. The maximum absolute atomic E-state index is 6.79. The van der Waals surface area contributed by atoms with Gasteiger partial charge < -0.3 is 10.3 Å². The Bertz CT molecular complexity index is 679. The Balaban J connectivity index is 1.86. The second-order valence-corrected chi connectivity index (χ2v) is 7.44. The molecule has 1 aromatic heterocycles. The van der Waals surface area contributed by atoms with Crippen LogP contribution in [0.15, 0.2) is 18.2 Å². The van der Waals surface area contributed by atoms with E-state index < -0.39 is 0 Å². The Hall–Kier alpha value is -1.06. The van der Waals surface area contributed by atoms with Gasteiger partial charge in [0.2, 0.25) is 0 Å². The first-order valence-electron chi connectivity index (χ1n) is 8.04. The number of imidazole rings is 1. The molecule has 2 saturated carbocycles. The summed E-state index contributed by atoms with van der Waals surface area (Å²) in [6.45, 7) is 2.32. The van der Waals surface area contributed by atoms with Gasteiger partial charge in [-0.05, 0) is 62.6 Å². The number of hydrogen-bond acceptors (Lipinski definition) is 2. The molecule has 2 aromatic rings. The van der Waals surface area contributed by atoms with E-state index in [-0.39, 0.29) is 5.54 Å². The van der Waals surface area contributed by atoms with Crippen molar-refractivity contribution < 1.29 is 0 Å². The van der Waals surface area contributed by atoms with Gasteiger partial charge in [0.15, 0.2) is 0 Å². The first-order valence-corrected chi connectivity index (χ1v) is 8.41. The highest BCUT2D eigenvalue weighted by Gasteiger charge is 2.39. The van der Waals surface area contributed by atoms with Gasteiger partial charge in [0, 0.05) is 11.1 Å². The Morgan fingerprint density at radius 2 is 1.95 bits per heavy atom. The van der Waals surface area contributed by atoms with E-state index in [0.29, 0.717) is 6.04 Å². The highest BCUT2D eigenvalue weighted by atomic mass is 35.5. The summed E-state index contributed by atoms with van der Waals surface area (Å²) in [7, 11) is 0. The van der Waals surface area contributed by atoms with Gasteiger partial charge in [-0.15, -0.1) is 0 Å². The van der Waals surface area contributed by atoms with Gasteiger partial charge in [0.05, 0.1) is 16.6 Å². The molecule has 2 aliphatic rings. The van der Waals surface area contributed by atoms with Crippen LogP contribution in [0.4, 0.5) is 0 Å². The van der Waals surface area contributed by atoms with E-state index in [1.165, 1.54) is 25.7 Å². The zero-order valence-corrected chi connectivity index (χ0v) is 13.2. The van der Waals surface area contributed by atoms with Gasteiger partial charge in [0.1, 0.15) is 5.82 Å². The van der Waals surface area contributed by atoms with Crippen molar-refractivity contribution in [2.24, 2.45) is 11.7 Å². The van der Waals surface area contributed by atoms with Crippen LogP contribution in [0.5, 0.6) is 0 Å². The predicted molar refractivity (Wildman–Crippen MR) is 86.5 cm³/mol. The summed E-state index contributed by atoms with van der Waals surface area (Å²) in [5.74, 6) is 1.88. The molecular weight excluding hydrogens is 282 g/mol. The minimum absolute atomic E-state index is 0.263. The SMILES string of the molecule is CC1CCC(N)(c2nc3ccc(Cl)cc3n2C2CC2)CC1. The molecule has 21 heavy (non-hydrogen) atoms. The zero-order valence-electron chi connectivity index (χ0n) is 12.5. The third kappa shape index (κ3) is 2.27. The summed E-state index contributed by atoms with van der Waals surface area (Å²) in [5, 5.41) is 0.777. The minimum Gasteiger partial charge on any atom is -0.323 e. The normalized spacial score (nSPS) is 30.0. The molecule has 1 heterocycles. The fourth-order valence-corrected chi connectivity index (χ4v) is 3.79. The summed E-state index contributed by atoms with van der Waals surface area (Å²) in [6.07, 6.45) is 6.95. The Morgan fingerprint density at radius 3 is 2.62 bits per heavy atom. The van der Waals surface area contributed by atoms with Crippen LogP contribution < -0.4 is 5.73 Å². The molecule has 112 valence electrons. The van der Waals surface area contributed by atoms with E-state index in [2.05, 4.69) is 11.5 Å². The van der Waals surface area contributed by atoms with Gasteiger partial charge in [-0.25, -0.2) is 4.98 Å². The van der Waals surface area contributed by atoms with Crippen molar-refractivity contribution in [2.45, 2.75) is 57.0 Å². The first kappa shape index (κ1) is 13.6. The van der Waals surface area contributed by atoms with Crippen molar-refractivity contribution in [2.75, 3.05) is 0 Å². The third-order valence-electron chi connectivity index (χ3n) is 5.18. The van der Waals surface area contributed by atoms with Crippen molar-refractivity contribution in [1.82, 2.24) is 9.55 Å². The van der Waals surface area contributed by atoms with E-state index in [0.717, 1.165) is 40.6 Å². The Kier molecular flexibility index (Phi) is 3.05. The van der Waals surface area contributed by atoms with Crippen LogP contribution in [-0.2, 0) is 5.54 Å². The topological polar surface area (TPSA) is 43.8 Å². The molecule has 0 saturated heterocycles. The van der Waals surface area contributed by atoms with Gasteiger partial charge in [0.25, 0.3) is 0 Å². The number of benzene rings is 1. The van der Waals surface area contributed by atoms with Crippen LogP contribution in [0.2, 0.25) is 5.02 Å².